The molecule has 0 unspecified atom stereocenters. The van der Waals surface area contributed by atoms with Crippen molar-refractivity contribution in [2.75, 3.05) is 14.1 Å². The predicted molar refractivity (Wildman–Crippen MR) is 89.6 cm³/mol. The van der Waals surface area contributed by atoms with Gasteiger partial charge in [0.1, 0.15) is 0 Å². The van der Waals surface area contributed by atoms with Gasteiger partial charge in [0.2, 0.25) is 5.91 Å². The lowest BCUT2D eigenvalue weighted by atomic mass is 10.1. The number of nitrogens with zero attached hydrogens (tertiary/aromatic N) is 2. The van der Waals surface area contributed by atoms with Gasteiger partial charge in [-0.15, -0.1) is 0 Å². The van der Waals surface area contributed by atoms with E-state index in [1.165, 1.54) is 6.08 Å². The number of pyridine rings is 1. The number of carbonyl (C=O) groups is 2. The van der Waals surface area contributed by atoms with Crippen molar-refractivity contribution in [3.63, 3.8) is 0 Å². The van der Waals surface area contributed by atoms with Crippen LogP contribution in [-0.4, -0.2) is 35.8 Å². The van der Waals surface area contributed by atoms with E-state index in [0.29, 0.717) is 12.1 Å². The third-order valence-corrected chi connectivity index (χ3v) is 3.36. The second kappa shape index (κ2) is 7.89. The van der Waals surface area contributed by atoms with Crippen LogP contribution in [0.1, 0.15) is 21.5 Å². The van der Waals surface area contributed by atoms with Crippen LogP contribution < -0.4 is 5.32 Å². The van der Waals surface area contributed by atoms with Crippen LogP contribution in [0.2, 0.25) is 0 Å². The number of nitrogens with one attached hydrogen (secondary N) is 1. The van der Waals surface area contributed by atoms with E-state index in [4.69, 9.17) is 0 Å². The molecule has 0 aliphatic rings. The highest BCUT2D eigenvalue weighted by Crippen LogP contribution is 2.08. The first-order chi connectivity index (χ1) is 11.1. The maximum absolute atomic E-state index is 12.1. The van der Waals surface area contributed by atoms with Crippen LogP contribution in [0.4, 0.5) is 0 Å². The van der Waals surface area contributed by atoms with Crippen LogP contribution in [-0.2, 0) is 11.3 Å². The van der Waals surface area contributed by atoms with Crippen LogP contribution in [0.5, 0.6) is 0 Å². The maximum Gasteiger partial charge on any atom is 0.251 e. The molecule has 0 atom stereocenters. The number of amides is 2. The van der Waals surface area contributed by atoms with Crippen molar-refractivity contribution >= 4 is 17.9 Å². The minimum atomic E-state index is -0.124. The van der Waals surface area contributed by atoms with Crippen LogP contribution in [0.3, 0.4) is 0 Å². The van der Waals surface area contributed by atoms with E-state index < -0.39 is 0 Å². The molecule has 0 saturated carbocycles. The molecule has 0 spiro atoms. The van der Waals surface area contributed by atoms with Crippen molar-refractivity contribution in [3.8, 4) is 0 Å². The molecular weight excluding hydrogens is 290 g/mol. The molecule has 5 heteroatoms. The number of likely N-dealkylation sites (N-methyl/N-ethyl adjacent to an activating group) is 1. The highest BCUT2D eigenvalue weighted by molar-refractivity contribution is 5.94. The molecular formula is C18H19N3O2. The lowest BCUT2D eigenvalue weighted by molar-refractivity contribution is -0.125. The van der Waals surface area contributed by atoms with Crippen LogP contribution >= 0.6 is 0 Å². The molecule has 2 rings (SSSR count). The molecule has 118 valence electrons. The van der Waals surface area contributed by atoms with Gasteiger partial charge in [0, 0.05) is 44.7 Å². The Morgan fingerprint density at radius 1 is 1.13 bits per heavy atom. The van der Waals surface area contributed by atoms with E-state index in [2.05, 4.69) is 10.3 Å². The standard InChI is InChI=1S/C18H19N3O2/c1-19-18(23)16-6-3-15(4-7-16)13-21(2)17(22)8-5-14-9-11-20-12-10-14/h3-12H,13H2,1-2H3,(H,19,23)/b8-5+. The first kappa shape index (κ1) is 16.4. The zero-order chi connectivity index (χ0) is 16.7. The Hall–Kier alpha value is -2.95. The van der Waals surface area contributed by atoms with E-state index >= 15 is 0 Å². The summed E-state index contributed by atoms with van der Waals surface area (Å²) in [4.78, 5) is 29.1. The summed E-state index contributed by atoms with van der Waals surface area (Å²) in [5.74, 6) is -0.210. The summed E-state index contributed by atoms with van der Waals surface area (Å²) in [5, 5.41) is 2.57. The highest BCUT2D eigenvalue weighted by atomic mass is 16.2. The second-order valence-electron chi connectivity index (χ2n) is 5.08. The number of benzene rings is 1. The predicted octanol–water partition coefficient (Wildman–Crippen LogP) is 2.11. The Morgan fingerprint density at radius 2 is 1.78 bits per heavy atom. The molecule has 0 bridgehead atoms. The van der Waals surface area contributed by atoms with Crippen molar-refractivity contribution < 1.29 is 9.59 Å². The molecule has 2 amide bonds. The fourth-order valence-corrected chi connectivity index (χ4v) is 2.03. The fourth-order valence-electron chi connectivity index (χ4n) is 2.03. The zero-order valence-electron chi connectivity index (χ0n) is 13.2. The van der Waals surface area contributed by atoms with Crippen molar-refractivity contribution in [3.05, 3.63) is 71.6 Å². The number of rotatable bonds is 5. The Kier molecular flexibility index (Phi) is 5.63. The Labute approximate surface area is 135 Å². The van der Waals surface area contributed by atoms with Gasteiger partial charge in [0.05, 0.1) is 0 Å². The van der Waals surface area contributed by atoms with Crippen molar-refractivity contribution in [1.82, 2.24) is 15.2 Å². The second-order valence-corrected chi connectivity index (χ2v) is 5.08. The van der Waals surface area contributed by atoms with Crippen molar-refractivity contribution in [1.29, 1.82) is 0 Å². The summed E-state index contributed by atoms with van der Waals surface area (Å²) < 4.78 is 0. The average Bonchev–Trinajstić information content (AvgIpc) is 2.60. The average molecular weight is 309 g/mol. The van der Waals surface area contributed by atoms with Gasteiger partial charge in [-0.05, 0) is 41.5 Å². The summed E-state index contributed by atoms with van der Waals surface area (Å²) in [6.07, 6.45) is 6.66. The van der Waals surface area contributed by atoms with E-state index in [1.54, 1.807) is 49.6 Å². The van der Waals surface area contributed by atoms with Gasteiger partial charge < -0.3 is 10.2 Å². The topological polar surface area (TPSA) is 62.3 Å². The molecule has 1 N–H and O–H groups in total. The molecule has 0 aliphatic carbocycles. The third-order valence-electron chi connectivity index (χ3n) is 3.36. The monoisotopic (exact) mass is 309 g/mol. The molecule has 1 heterocycles. The number of carbonyl (C=O) groups excluding carboxylic acids is 2. The molecule has 1 aromatic carbocycles. The molecule has 1 aromatic heterocycles. The van der Waals surface area contributed by atoms with Crippen LogP contribution in [0.15, 0.2) is 54.9 Å². The van der Waals surface area contributed by atoms with Crippen LogP contribution in [0, 0.1) is 0 Å². The van der Waals surface area contributed by atoms with Gasteiger partial charge in [0.25, 0.3) is 5.91 Å². The summed E-state index contributed by atoms with van der Waals surface area (Å²) in [6, 6.07) is 10.9. The molecule has 5 nitrogen and oxygen atoms in total. The summed E-state index contributed by atoms with van der Waals surface area (Å²) >= 11 is 0. The molecule has 0 saturated heterocycles. The van der Waals surface area contributed by atoms with Gasteiger partial charge >= 0.3 is 0 Å². The number of hydrogen-bond acceptors (Lipinski definition) is 3. The smallest absolute Gasteiger partial charge is 0.251 e. The highest BCUT2D eigenvalue weighted by Gasteiger charge is 2.07. The minimum absolute atomic E-state index is 0.0859. The van der Waals surface area contributed by atoms with Gasteiger partial charge in [-0.25, -0.2) is 0 Å². The molecule has 0 radical (unpaired) electrons. The zero-order valence-corrected chi connectivity index (χ0v) is 13.2. The first-order valence-electron chi connectivity index (χ1n) is 7.24. The first-order valence-corrected chi connectivity index (χ1v) is 7.24. The van der Waals surface area contributed by atoms with Crippen molar-refractivity contribution in [2.24, 2.45) is 0 Å². The molecule has 23 heavy (non-hydrogen) atoms. The van der Waals surface area contributed by atoms with E-state index in [9.17, 15) is 9.59 Å². The SMILES string of the molecule is CNC(=O)c1ccc(CN(C)C(=O)/C=C/c2ccncc2)cc1. The number of aromatic nitrogens is 1. The van der Waals surface area contributed by atoms with Crippen LogP contribution in [0.25, 0.3) is 6.08 Å². The lowest BCUT2D eigenvalue weighted by Gasteiger charge is -2.15. The van der Waals surface area contributed by atoms with Crippen molar-refractivity contribution in [2.45, 2.75) is 6.54 Å². The lowest BCUT2D eigenvalue weighted by Crippen LogP contribution is -2.24. The van der Waals surface area contributed by atoms with Gasteiger partial charge in [-0.2, -0.15) is 0 Å². The van der Waals surface area contributed by atoms with E-state index in [1.807, 2.05) is 24.3 Å². The third kappa shape index (κ3) is 4.78. The maximum atomic E-state index is 12.1. The Balaban J connectivity index is 1.95. The minimum Gasteiger partial charge on any atom is -0.355 e. The largest absolute Gasteiger partial charge is 0.355 e. The fraction of sp³-hybridized carbons (Fsp3) is 0.167. The molecule has 0 aliphatic heterocycles. The Bertz CT molecular complexity index is 694. The van der Waals surface area contributed by atoms with E-state index in [-0.39, 0.29) is 11.8 Å². The summed E-state index contributed by atoms with van der Waals surface area (Å²) in [6.45, 7) is 0.480. The van der Waals surface area contributed by atoms with Gasteiger partial charge in [0.15, 0.2) is 0 Å². The van der Waals surface area contributed by atoms with Gasteiger partial charge in [-0.1, -0.05) is 12.1 Å². The summed E-state index contributed by atoms with van der Waals surface area (Å²) in [7, 11) is 3.34. The molecule has 0 fully saturated rings. The molecule has 2 aromatic rings. The van der Waals surface area contributed by atoms with Gasteiger partial charge in [-0.3, -0.25) is 14.6 Å². The normalized spacial score (nSPS) is 10.5. The summed E-state index contributed by atoms with van der Waals surface area (Å²) in [5.41, 5.74) is 2.49. The quantitative estimate of drug-likeness (QED) is 0.861. The Morgan fingerprint density at radius 3 is 2.39 bits per heavy atom. The number of hydrogen-bond donors (Lipinski definition) is 1. The van der Waals surface area contributed by atoms with E-state index in [0.717, 1.165) is 11.1 Å².